The Balaban J connectivity index is 2.36. The zero-order chi connectivity index (χ0) is 14.3. The quantitative estimate of drug-likeness (QED) is 0.679. The average molecular weight is 284 g/mol. The van der Waals surface area contributed by atoms with E-state index in [2.05, 4.69) is 30.5 Å². The standard InChI is InChI=1S/C14H28N4S/c1-11(2)18-14(13(15)12(3)17-18)16-9-7-5-6-8-10-19-4/h11,16H,5-10,15H2,1-4H3. The van der Waals surface area contributed by atoms with Crippen LogP contribution in [0.3, 0.4) is 0 Å². The second kappa shape index (κ2) is 8.35. The van der Waals surface area contributed by atoms with Crippen molar-refractivity contribution in [1.29, 1.82) is 0 Å². The van der Waals surface area contributed by atoms with E-state index in [0.29, 0.717) is 6.04 Å². The van der Waals surface area contributed by atoms with E-state index < -0.39 is 0 Å². The van der Waals surface area contributed by atoms with Crippen molar-refractivity contribution in [1.82, 2.24) is 9.78 Å². The molecule has 0 amide bonds. The predicted octanol–water partition coefficient (Wildman–Crippen LogP) is 3.69. The van der Waals surface area contributed by atoms with E-state index in [9.17, 15) is 0 Å². The number of nitrogen functional groups attached to an aromatic ring is 1. The molecule has 0 saturated heterocycles. The Morgan fingerprint density at radius 1 is 1.26 bits per heavy atom. The van der Waals surface area contributed by atoms with E-state index in [1.54, 1.807) is 0 Å². The van der Waals surface area contributed by atoms with Crippen LogP contribution in [0.2, 0.25) is 0 Å². The fourth-order valence-electron chi connectivity index (χ4n) is 2.04. The van der Waals surface area contributed by atoms with Gasteiger partial charge in [-0.3, -0.25) is 0 Å². The van der Waals surface area contributed by atoms with Gasteiger partial charge in [0.05, 0.1) is 11.4 Å². The van der Waals surface area contributed by atoms with Crippen molar-refractivity contribution in [3.8, 4) is 0 Å². The molecule has 4 nitrogen and oxygen atoms in total. The fraction of sp³-hybridized carbons (Fsp3) is 0.786. The van der Waals surface area contributed by atoms with Gasteiger partial charge in [0.1, 0.15) is 5.82 Å². The van der Waals surface area contributed by atoms with Gasteiger partial charge in [-0.05, 0) is 45.6 Å². The molecule has 0 unspecified atom stereocenters. The van der Waals surface area contributed by atoms with E-state index in [1.807, 2.05) is 23.4 Å². The molecular weight excluding hydrogens is 256 g/mol. The summed E-state index contributed by atoms with van der Waals surface area (Å²) < 4.78 is 1.98. The van der Waals surface area contributed by atoms with Gasteiger partial charge in [0.15, 0.2) is 0 Å². The van der Waals surface area contributed by atoms with Crippen LogP contribution >= 0.6 is 11.8 Å². The van der Waals surface area contributed by atoms with Gasteiger partial charge in [0, 0.05) is 12.6 Å². The van der Waals surface area contributed by atoms with Crippen molar-refractivity contribution in [3.63, 3.8) is 0 Å². The topological polar surface area (TPSA) is 55.9 Å². The minimum Gasteiger partial charge on any atom is -0.394 e. The minimum atomic E-state index is 0.333. The van der Waals surface area contributed by atoms with Crippen LogP contribution < -0.4 is 11.1 Å². The van der Waals surface area contributed by atoms with Gasteiger partial charge >= 0.3 is 0 Å². The van der Waals surface area contributed by atoms with E-state index in [-0.39, 0.29) is 0 Å². The highest BCUT2D eigenvalue weighted by molar-refractivity contribution is 7.98. The number of hydrogen-bond acceptors (Lipinski definition) is 4. The lowest BCUT2D eigenvalue weighted by Crippen LogP contribution is -2.12. The van der Waals surface area contributed by atoms with Gasteiger partial charge < -0.3 is 11.1 Å². The fourth-order valence-corrected chi connectivity index (χ4v) is 2.53. The molecule has 1 aromatic heterocycles. The van der Waals surface area contributed by atoms with Crippen molar-refractivity contribution in [2.24, 2.45) is 0 Å². The van der Waals surface area contributed by atoms with Crippen LogP contribution in [-0.4, -0.2) is 28.3 Å². The summed E-state index contributed by atoms with van der Waals surface area (Å²) in [6.45, 7) is 7.18. The number of unbranched alkanes of at least 4 members (excludes halogenated alkanes) is 3. The third-order valence-corrected chi connectivity index (χ3v) is 3.89. The SMILES string of the molecule is CSCCCCCCNc1c(N)c(C)nn1C(C)C. The molecular formula is C14H28N4S. The van der Waals surface area contributed by atoms with E-state index >= 15 is 0 Å². The summed E-state index contributed by atoms with van der Waals surface area (Å²) in [4.78, 5) is 0. The van der Waals surface area contributed by atoms with Crippen molar-refractivity contribution in [3.05, 3.63) is 5.69 Å². The van der Waals surface area contributed by atoms with Gasteiger partial charge in [0.2, 0.25) is 0 Å². The molecule has 0 aliphatic carbocycles. The summed E-state index contributed by atoms with van der Waals surface area (Å²) in [5.74, 6) is 2.26. The number of anilines is 2. The Morgan fingerprint density at radius 2 is 1.95 bits per heavy atom. The maximum absolute atomic E-state index is 6.07. The molecule has 0 aliphatic heterocycles. The molecule has 0 aromatic carbocycles. The lowest BCUT2D eigenvalue weighted by atomic mass is 10.2. The molecule has 0 spiro atoms. The van der Waals surface area contributed by atoms with Gasteiger partial charge in [0.25, 0.3) is 0 Å². The van der Waals surface area contributed by atoms with Crippen LogP contribution in [0.15, 0.2) is 0 Å². The number of thioether (sulfide) groups is 1. The molecule has 1 aromatic rings. The van der Waals surface area contributed by atoms with Crippen LogP contribution in [0.5, 0.6) is 0 Å². The Hall–Kier alpha value is -0.840. The van der Waals surface area contributed by atoms with Gasteiger partial charge in [-0.25, -0.2) is 4.68 Å². The van der Waals surface area contributed by atoms with E-state index in [0.717, 1.165) is 23.7 Å². The number of nitrogens with zero attached hydrogens (tertiary/aromatic N) is 2. The number of aromatic nitrogens is 2. The Labute approximate surface area is 121 Å². The number of hydrogen-bond donors (Lipinski definition) is 2. The van der Waals surface area contributed by atoms with Crippen LogP contribution in [0.25, 0.3) is 0 Å². The number of aryl methyl sites for hydroxylation is 1. The summed E-state index contributed by atoms with van der Waals surface area (Å²) in [7, 11) is 0. The highest BCUT2D eigenvalue weighted by Crippen LogP contribution is 2.25. The van der Waals surface area contributed by atoms with Gasteiger partial charge in [-0.15, -0.1) is 0 Å². The maximum atomic E-state index is 6.07. The van der Waals surface area contributed by atoms with Gasteiger partial charge in [-0.2, -0.15) is 16.9 Å². The molecule has 5 heteroatoms. The highest BCUT2D eigenvalue weighted by Gasteiger charge is 2.13. The molecule has 3 N–H and O–H groups in total. The second-order valence-corrected chi connectivity index (χ2v) is 6.21. The zero-order valence-electron chi connectivity index (χ0n) is 12.7. The van der Waals surface area contributed by atoms with E-state index in [1.165, 1.54) is 31.4 Å². The summed E-state index contributed by atoms with van der Waals surface area (Å²) in [6, 6.07) is 0.333. The number of nitrogens with one attached hydrogen (secondary N) is 1. The normalized spacial score (nSPS) is 11.2. The summed E-state index contributed by atoms with van der Waals surface area (Å²) in [5, 5.41) is 7.92. The van der Waals surface area contributed by atoms with Crippen molar-refractivity contribution < 1.29 is 0 Å². The highest BCUT2D eigenvalue weighted by atomic mass is 32.2. The summed E-state index contributed by atoms with van der Waals surface area (Å²) in [5.41, 5.74) is 7.77. The molecule has 0 saturated carbocycles. The molecule has 0 fully saturated rings. The first-order valence-corrected chi connectivity index (χ1v) is 8.54. The van der Waals surface area contributed by atoms with Crippen molar-refractivity contribution in [2.75, 3.05) is 29.6 Å². The Morgan fingerprint density at radius 3 is 2.58 bits per heavy atom. The third-order valence-electron chi connectivity index (χ3n) is 3.19. The molecule has 0 radical (unpaired) electrons. The van der Waals surface area contributed by atoms with Crippen LogP contribution in [0, 0.1) is 6.92 Å². The Bertz CT molecular complexity index is 374. The summed E-state index contributed by atoms with van der Waals surface area (Å²) in [6.07, 6.45) is 7.28. The van der Waals surface area contributed by atoms with Crippen molar-refractivity contribution in [2.45, 2.75) is 52.5 Å². The largest absolute Gasteiger partial charge is 0.394 e. The number of rotatable bonds is 9. The van der Waals surface area contributed by atoms with Crippen LogP contribution in [0.1, 0.15) is 51.3 Å². The van der Waals surface area contributed by atoms with Gasteiger partial charge in [-0.1, -0.05) is 12.8 Å². The first-order chi connectivity index (χ1) is 9.07. The monoisotopic (exact) mass is 284 g/mol. The van der Waals surface area contributed by atoms with Crippen LogP contribution in [-0.2, 0) is 0 Å². The minimum absolute atomic E-state index is 0.333. The predicted molar refractivity (Wildman–Crippen MR) is 87.1 cm³/mol. The smallest absolute Gasteiger partial charge is 0.148 e. The molecule has 0 bridgehead atoms. The van der Waals surface area contributed by atoms with Crippen LogP contribution in [0.4, 0.5) is 11.5 Å². The van der Waals surface area contributed by atoms with E-state index in [4.69, 9.17) is 5.73 Å². The summed E-state index contributed by atoms with van der Waals surface area (Å²) >= 11 is 1.93. The molecule has 1 heterocycles. The molecule has 1 rings (SSSR count). The third kappa shape index (κ3) is 4.97. The molecule has 0 atom stereocenters. The number of nitrogens with two attached hydrogens (primary N) is 1. The lowest BCUT2D eigenvalue weighted by molar-refractivity contribution is 0.533. The first kappa shape index (κ1) is 16.2. The zero-order valence-corrected chi connectivity index (χ0v) is 13.5. The second-order valence-electron chi connectivity index (χ2n) is 5.22. The maximum Gasteiger partial charge on any atom is 0.148 e. The Kier molecular flexibility index (Phi) is 7.13. The molecule has 110 valence electrons. The molecule has 19 heavy (non-hydrogen) atoms. The lowest BCUT2D eigenvalue weighted by Gasteiger charge is -2.13. The first-order valence-electron chi connectivity index (χ1n) is 7.15. The average Bonchev–Trinajstić information content (AvgIpc) is 2.66. The molecule has 0 aliphatic rings. The van der Waals surface area contributed by atoms with Crippen molar-refractivity contribution >= 4 is 23.3 Å².